The molecule has 1 N–H and O–H groups in total. The monoisotopic (exact) mass is 368 g/mol. The number of hydrogen-bond acceptors (Lipinski definition) is 8. The molecule has 0 atom stereocenters. The Hall–Kier alpha value is -1.60. The van der Waals surface area contributed by atoms with Crippen molar-refractivity contribution in [1.29, 1.82) is 0 Å². The summed E-state index contributed by atoms with van der Waals surface area (Å²) in [7, 11) is -2.58. The molecule has 0 spiro atoms. The lowest BCUT2D eigenvalue weighted by molar-refractivity contribution is -0.380. The minimum absolute atomic E-state index is 0.0357. The number of anilines is 1. The van der Waals surface area contributed by atoms with Crippen molar-refractivity contribution >= 4 is 47.4 Å². The van der Waals surface area contributed by atoms with Crippen molar-refractivity contribution in [3.8, 4) is 0 Å². The lowest BCUT2D eigenvalue weighted by atomic mass is 10.9. The summed E-state index contributed by atoms with van der Waals surface area (Å²) in [5, 5.41) is 17.0. The average molecular weight is 369 g/mol. The molecule has 0 aliphatic heterocycles. The molecular weight excluding hydrogens is 364 g/mol. The zero-order valence-corrected chi connectivity index (χ0v) is 12.4. The van der Waals surface area contributed by atoms with Crippen LogP contribution in [0.25, 0.3) is 0 Å². The van der Waals surface area contributed by atoms with E-state index in [4.69, 9.17) is 0 Å². The van der Waals surface area contributed by atoms with Crippen molar-refractivity contribution in [2.45, 2.75) is 5.03 Å². The Morgan fingerprint density at radius 2 is 2.26 bits per heavy atom. The van der Waals surface area contributed by atoms with Gasteiger partial charge < -0.3 is 0 Å². The second-order valence-corrected chi connectivity index (χ2v) is 6.53. The summed E-state index contributed by atoms with van der Waals surface area (Å²) in [6.07, 6.45) is 0.971. The van der Waals surface area contributed by atoms with Crippen LogP contribution in [-0.4, -0.2) is 33.3 Å². The van der Waals surface area contributed by atoms with Gasteiger partial charge in [-0.15, -0.1) is 5.10 Å². The van der Waals surface area contributed by atoms with Crippen molar-refractivity contribution in [2.24, 2.45) is 7.05 Å². The molecule has 0 unspecified atom stereocenters. The molecule has 0 aliphatic rings. The van der Waals surface area contributed by atoms with Crippen LogP contribution in [0.2, 0.25) is 0 Å². The van der Waals surface area contributed by atoms with Gasteiger partial charge in [0.25, 0.3) is 10.0 Å². The summed E-state index contributed by atoms with van der Waals surface area (Å²) < 4.78 is 27.3. The highest BCUT2D eigenvalue weighted by Crippen LogP contribution is 2.28. The van der Waals surface area contributed by atoms with E-state index in [2.05, 4.69) is 35.9 Å². The van der Waals surface area contributed by atoms with Gasteiger partial charge in [0.1, 0.15) is 6.20 Å². The molecule has 0 radical (unpaired) electrons. The van der Waals surface area contributed by atoms with E-state index in [1.54, 1.807) is 0 Å². The van der Waals surface area contributed by atoms with Gasteiger partial charge >= 0.3 is 5.00 Å². The minimum atomic E-state index is -3.98. The molecule has 10 nitrogen and oxygen atoms in total. The van der Waals surface area contributed by atoms with Gasteiger partial charge in [-0.1, -0.05) is 5.21 Å². The Bertz CT molecular complexity index is 717. The van der Waals surface area contributed by atoms with Gasteiger partial charge in [0.15, 0.2) is 4.60 Å². The molecule has 2 rings (SSSR count). The first-order valence-electron chi connectivity index (χ1n) is 4.49. The maximum absolute atomic E-state index is 12.0. The number of sulfonamides is 1. The fourth-order valence-corrected chi connectivity index (χ4v) is 4.14. The zero-order valence-electron chi connectivity index (χ0n) is 9.14. The number of nitrogens with zero attached hydrogens (tertiary/aromatic N) is 5. The number of aryl methyl sites for hydroxylation is 1. The highest BCUT2D eigenvalue weighted by Gasteiger charge is 2.26. The predicted octanol–water partition coefficient (Wildman–Crippen LogP) is 0.743. The Kier molecular flexibility index (Phi) is 3.51. The Labute approximate surface area is 118 Å². The Morgan fingerprint density at radius 3 is 2.74 bits per heavy atom. The lowest BCUT2D eigenvalue weighted by Crippen LogP contribution is -2.17. The molecule has 0 aliphatic carbocycles. The van der Waals surface area contributed by atoms with E-state index in [1.165, 1.54) is 7.05 Å². The van der Waals surface area contributed by atoms with Crippen molar-refractivity contribution in [1.82, 2.24) is 20.0 Å². The van der Waals surface area contributed by atoms with Crippen LogP contribution in [0, 0.1) is 10.1 Å². The maximum Gasteiger partial charge on any atom is 0.345 e. The van der Waals surface area contributed by atoms with Gasteiger partial charge in [0.2, 0.25) is 10.2 Å². The first-order valence-corrected chi connectivity index (χ1v) is 7.59. The molecule has 0 amide bonds. The highest BCUT2D eigenvalue weighted by molar-refractivity contribution is 9.10. The SMILES string of the molecule is Cn1nnc(Br)c1S(=O)(=O)Nc1ncc([N+](=O)[O-])s1. The summed E-state index contributed by atoms with van der Waals surface area (Å²) >= 11 is 3.57. The second-order valence-electron chi connectivity index (χ2n) is 3.18. The van der Waals surface area contributed by atoms with Crippen LogP contribution in [0.1, 0.15) is 0 Å². The topological polar surface area (TPSA) is 133 Å². The van der Waals surface area contributed by atoms with E-state index in [9.17, 15) is 18.5 Å². The molecule has 0 saturated carbocycles. The van der Waals surface area contributed by atoms with Gasteiger partial charge in [-0.05, 0) is 27.3 Å². The van der Waals surface area contributed by atoms with Crippen molar-refractivity contribution < 1.29 is 13.3 Å². The average Bonchev–Trinajstić information content (AvgIpc) is 2.85. The predicted molar refractivity (Wildman–Crippen MR) is 68.3 cm³/mol. The Morgan fingerprint density at radius 1 is 1.58 bits per heavy atom. The molecule has 2 aromatic rings. The fraction of sp³-hybridized carbons (Fsp3) is 0.167. The smallest absolute Gasteiger partial charge is 0.257 e. The number of rotatable bonds is 4. The molecule has 0 aromatic carbocycles. The van der Waals surface area contributed by atoms with Crippen molar-refractivity contribution in [3.05, 3.63) is 20.9 Å². The molecule has 102 valence electrons. The second kappa shape index (κ2) is 4.82. The number of aromatic nitrogens is 4. The molecule has 2 heterocycles. The third-order valence-electron chi connectivity index (χ3n) is 1.89. The fourth-order valence-electron chi connectivity index (χ4n) is 1.17. The van der Waals surface area contributed by atoms with Gasteiger partial charge in [-0.25, -0.2) is 9.67 Å². The largest absolute Gasteiger partial charge is 0.345 e. The summed E-state index contributed by atoms with van der Waals surface area (Å²) in [6.45, 7) is 0. The highest BCUT2D eigenvalue weighted by atomic mass is 79.9. The Balaban J connectivity index is 2.34. The number of thiazole rings is 1. The van der Waals surface area contributed by atoms with Gasteiger partial charge in [0.05, 0.1) is 4.92 Å². The van der Waals surface area contributed by atoms with Crippen molar-refractivity contribution in [2.75, 3.05) is 4.72 Å². The van der Waals surface area contributed by atoms with Crippen LogP contribution >= 0.6 is 27.3 Å². The van der Waals surface area contributed by atoms with E-state index < -0.39 is 14.9 Å². The quantitative estimate of drug-likeness (QED) is 0.621. The molecule has 0 saturated heterocycles. The first kappa shape index (κ1) is 13.8. The van der Waals surface area contributed by atoms with Gasteiger partial charge in [-0.2, -0.15) is 8.42 Å². The molecule has 0 fully saturated rings. The molecule has 0 bridgehead atoms. The maximum atomic E-state index is 12.0. The van der Waals surface area contributed by atoms with E-state index in [0.717, 1.165) is 10.9 Å². The van der Waals surface area contributed by atoms with Gasteiger partial charge in [-0.3, -0.25) is 14.8 Å². The standard InChI is InChI=1S/C6H5BrN6O4S2/c1-12-5(4(7)9-11-12)19(16,17)10-6-8-2-3(18-6)13(14)15/h2H,1H3,(H,8,10). The number of halogens is 1. The number of nitro groups is 1. The van der Waals surface area contributed by atoms with Crippen LogP contribution in [0.4, 0.5) is 10.1 Å². The van der Waals surface area contributed by atoms with Crippen LogP contribution in [-0.2, 0) is 17.1 Å². The van der Waals surface area contributed by atoms with Crippen LogP contribution in [0.15, 0.2) is 15.8 Å². The van der Waals surface area contributed by atoms with Crippen LogP contribution in [0.5, 0.6) is 0 Å². The zero-order chi connectivity index (χ0) is 14.2. The minimum Gasteiger partial charge on any atom is -0.257 e. The van der Waals surface area contributed by atoms with E-state index in [0.29, 0.717) is 11.3 Å². The molecule has 2 aromatic heterocycles. The van der Waals surface area contributed by atoms with E-state index in [1.807, 2.05) is 0 Å². The van der Waals surface area contributed by atoms with Crippen LogP contribution in [0.3, 0.4) is 0 Å². The summed E-state index contributed by atoms with van der Waals surface area (Å²) in [5.74, 6) is 0. The first-order chi connectivity index (χ1) is 8.81. The van der Waals surface area contributed by atoms with E-state index in [-0.39, 0.29) is 19.8 Å². The summed E-state index contributed by atoms with van der Waals surface area (Å²) in [6, 6.07) is 0. The number of nitrogens with one attached hydrogen (secondary N) is 1. The third kappa shape index (κ3) is 2.71. The molecule has 13 heteroatoms. The molecular formula is C6H5BrN6O4S2. The third-order valence-corrected chi connectivity index (χ3v) is 5.11. The van der Waals surface area contributed by atoms with Crippen LogP contribution < -0.4 is 4.72 Å². The number of hydrogen-bond donors (Lipinski definition) is 1. The summed E-state index contributed by atoms with van der Waals surface area (Å²) in [4.78, 5) is 13.4. The van der Waals surface area contributed by atoms with Crippen molar-refractivity contribution in [3.63, 3.8) is 0 Å². The van der Waals surface area contributed by atoms with E-state index >= 15 is 0 Å². The molecule has 19 heavy (non-hydrogen) atoms. The summed E-state index contributed by atoms with van der Waals surface area (Å²) in [5.41, 5.74) is 0. The normalized spacial score (nSPS) is 11.5. The van der Waals surface area contributed by atoms with Gasteiger partial charge in [0, 0.05) is 7.05 Å². The lowest BCUT2D eigenvalue weighted by Gasteiger charge is -2.04.